The third kappa shape index (κ3) is 7.15. The Kier molecular flexibility index (Phi) is 9.98. The van der Waals surface area contributed by atoms with Gasteiger partial charge in [-0.15, -0.1) is 0 Å². The van der Waals surface area contributed by atoms with Crippen molar-refractivity contribution in [3.63, 3.8) is 0 Å². The van der Waals surface area contributed by atoms with Crippen molar-refractivity contribution in [1.82, 2.24) is 0 Å². The smallest absolute Gasteiger partial charge is 0.341 e. The van der Waals surface area contributed by atoms with Gasteiger partial charge in [-0.05, 0) is 80.4 Å². The van der Waals surface area contributed by atoms with Gasteiger partial charge >= 0.3 is 5.97 Å². The molecular formula is C26H41NO6. The number of unbranched alkanes of at least 4 members (excludes halogenated alkanes) is 2. The Balaban J connectivity index is 1.62. The summed E-state index contributed by atoms with van der Waals surface area (Å²) < 4.78 is 5.55. The summed E-state index contributed by atoms with van der Waals surface area (Å²) in [7, 11) is 0. The van der Waals surface area contributed by atoms with Gasteiger partial charge in [0.15, 0.2) is 6.61 Å². The van der Waals surface area contributed by atoms with Crippen LogP contribution in [0.3, 0.4) is 0 Å². The van der Waals surface area contributed by atoms with E-state index in [0.29, 0.717) is 24.1 Å². The fraction of sp³-hybridized carbons (Fsp3) is 0.731. The van der Waals surface area contributed by atoms with Crippen LogP contribution < -0.4 is 10.5 Å². The maximum absolute atomic E-state index is 10.9. The highest BCUT2D eigenvalue weighted by atomic mass is 17.2. The van der Waals surface area contributed by atoms with E-state index in [1.165, 1.54) is 12.0 Å². The fourth-order valence-corrected chi connectivity index (χ4v) is 5.53. The molecule has 0 spiro atoms. The molecule has 4 N–H and O–H groups in total. The average molecular weight is 464 g/mol. The highest BCUT2D eigenvalue weighted by molar-refractivity contribution is 5.68. The Hall–Kier alpha value is -1.67. The van der Waals surface area contributed by atoms with Crippen LogP contribution in [0.15, 0.2) is 18.2 Å². The molecular weight excluding hydrogens is 422 g/mol. The van der Waals surface area contributed by atoms with E-state index in [2.05, 4.69) is 13.0 Å². The number of fused-ring (bicyclic) bond motifs is 2. The number of benzene rings is 1. The first kappa shape index (κ1) is 25.9. The molecule has 1 saturated carbocycles. The van der Waals surface area contributed by atoms with Crippen molar-refractivity contribution < 1.29 is 29.5 Å². The standard InChI is InChI=1S/C26H41NO6/c1-3-4-5-8-20(33-32-17(2)15-27)10-11-21-22-12-18-7-6-9-25(31-16-26(29)30)23(18)13-19(22)14-24(21)28/h6-7,9,17,19-22,24,28H,3-5,8,10-16,27H2,1-2H3,(H,29,30). The van der Waals surface area contributed by atoms with Crippen LogP contribution in [0.5, 0.6) is 5.75 Å². The van der Waals surface area contributed by atoms with E-state index >= 15 is 0 Å². The van der Waals surface area contributed by atoms with Crippen molar-refractivity contribution in [1.29, 1.82) is 0 Å². The number of nitrogens with two attached hydrogens (primary N) is 1. The number of carbonyl (C=O) groups is 1. The number of hydrogen-bond donors (Lipinski definition) is 3. The van der Waals surface area contributed by atoms with Gasteiger partial charge < -0.3 is 20.7 Å². The molecule has 0 aromatic heterocycles. The van der Waals surface area contributed by atoms with Crippen LogP contribution in [0.4, 0.5) is 0 Å². The zero-order chi connectivity index (χ0) is 23.8. The highest BCUT2D eigenvalue weighted by Crippen LogP contribution is 2.48. The number of aliphatic hydroxyl groups excluding tert-OH is 1. The van der Waals surface area contributed by atoms with Crippen LogP contribution in [0.2, 0.25) is 0 Å². The number of aliphatic carboxylic acids is 1. The lowest BCUT2D eigenvalue weighted by Crippen LogP contribution is -2.29. The van der Waals surface area contributed by atoms with E-state index in [4.69, 9.17) is 25.4 Å². The topological polar surface area (TPSA) is 111 Å². The molecule has 33 heavy (non-hydrogen) atoms. The van der Waals surface area contributed by atoms with E-state index < -0.39 is 5.97 Å². The molecule has 0 amide bonds. The predicted octanol–water partition coefficient (Wildman–Crippen LogP) is 3.89. The Morgan fingerprint density at radius 3 is 2.76 bits per heavy atom. The van der Waals surface area contributed by atoms with E-state index in [1.54, 1.807) is 0 Å². The van der Waals surface area contributed by atoms with Gasteiger partial charge in [0.25, 0.3) is 0 Å². The number of ether oxygens (including phenoxy) is 1. The van der Waals surface area contributed by atoms with Crippen LogP contribution in [-0.4, -0.2) is 47.6 Å². The lowest BCUT2D eigenvalue weighted by Gasteiger charge is -2.32. The summed E-state index contributed by atoms with van der Waals surface area (Å²) >= 11 is 0. The SMILES string of the molecule is CCCCCC(CCC1C(O)CC2Cc3c(cccc3OCC(=O)O)CC21)OOC(C)CN. The number of hydrogen-bond acceptors (Lipinski definition) is 6. The van der Waals surface area contributed by atoms with Gasteiger partial charge in [0.2, 0.25) is 0 Å². The van der Waals surface area contributed by atoms with Crippen LogP contribution in [-0.2, 0) is 27.4 Å². The second-order valence-electron chi connectivity index (χ2n) is 9.81. The Morgan fingerprint density at radius 2 is 2.03 bits per heavy atom. The van der Waals surface area contributed by atoms with Crippen molar-refractivity contribution in [3.8, 4) is 5.75 Å². The number of carboxylic acid groups (broad SMARTS) is 1. The average Bonchev–Trinajstić information content (AvgIpc) is 3.11. The summed E-state index contributed by atoms with van der Waals surface area (Å²) in [5, 5.41) is 19.9. The molecule has 7 heteroatoms. The molecule has 0 bridgehead atoms. The largest absolute Gasteiger partial charge is 0.482 e. The minimum absolute atomic E-state index is 0.0173. The minimum atomic E-state index is -0.974. The van der Waals surface area contributed by atoms with Gasteiger partial charge in [-0.1, -0.05) is 38.3 Å². The van der Waals surface area contributed by atoms with Crippen LogP contribution in [0.25, 0.3) is 0 Å². The van der Waals surface area contributed by atoms with E-state index in [9.17, 15) is 9.90 Å². The number of rotatable bonds is 14. The predicted molar refractivity (Wildman–Crippen MR) is 126 cm³/mol. The van der Waals surface area contributed by atoms with Gasteiger partial charge in [-0.3, -0.25) is 0 Å². The molecule has 6 unspecified atom stereocenters. The first-order chi connectivity index (χ1) is 15.9. The van der Waals surface area contributed by atoms with Crippen LogP contribution in [0.1, 0.15) is 69.9 Å². The summed E-state index contributed by atoms with van der Waals surface area (Å²) in [4.78, 5) is 22.2. The Labute approximate surface area is 197 Å². The highest BCUT2D eigenvalue weighted by Gasteiger charge is 2.45. The molecule has 2 aliphatic rings. The van der Waals surface area contributed by atoms with Crippen molar-refractivity contribution in [2.24, 2.45) is 23.5 Å². The van der Waals surface area contributed by atoms with E-state index in [-0.39, 0.29) is 30.8 Å². The lowest BCUT2D eigenvalue weighted by molar-refractivity contribution is -0.348. The number of aliphatic hydroxyl groups is 1. The molecule has 1 fully saturated rings. The van der Waals surface area contributed by atoms with Gasteiger partial charge in [0.05, 0.1) is 12.2 Å². The van der Waals surface area contributed by atoms with E-state index in [1.807, 2.05) is 19.1 Å². The number of carboxylic acids is 1. The fourth-order valence-electron chi connectivity index (χ4n) is 5.53. The molecule has 0 heterocycles. The molecule has 7 nitrogen and oxygen atoms in total. The van der Waals surface area contributed by atoms with Gasteiger partial charge in [0.1, 0.15) is 11.9 Å². The maximum Gasteiger partial charge on any atom is 0.341 e. The zero-order valence-electron chi connectivity index (χ0n) is 20.1. The van der Waals surface area contributed by atoms with Gasteiger partial charge in [0, 0.05) is 6.54 Å². The van der Waals surface area contributed by atoms with Crippen molar-refractivity contribution >= 4 is 5.97 Å². The Bertz CT molecular complexity index is 756. The molecule has 186 valence electrons. The maximum atomic E-state index is 10.9. The molecule has 3 rings (SSSR count). The summed E-state index contributed by atoms with van der Waals surface area (Å²) in [6.45, 7) is 4.18. The summed E-state index contributed by atoms with van der Waals surface area (Å²) in [5.74, 6) is 0.735. The zero-order valence-corrected chi connectivity index (χ0v) is 20.1. The molecule has 2 aliphatic carbocycles. The normalized spacial score (nSPS) is 25.8. The quantitative estimate of drug-likeness (QED) is 0.218. The lowest BCUT2D eigenvalue weighted by atomic mass is 9.73. The molecule has 0 aliphatic heterocycles. The van der Waals surface area contributed by atoms with Gasteiger partial charge in [-0.2, -0.15) is 0 Å². The van der Waals surface area contributed by atoms with Crippen LogP contribution >= 0.6 is 0 Å². The van der Waals surface area contributed by atoms with Crippen molar-refractivity contribution in [2.75, 3.05) is 13.2 Å². The summed E-state index contributed by atoms with van der Waals surface area (Å²) in [6.07, 6.45) is 8.23. The third-order valence-electron chi connectivity index (χ3n) is 7.34. The van der Waals surface area contributed by atoms with Gasteiger partial charge in [-0.25, -0.2) is 14.6 Å². The second-order valence-corrected chi connectivity index (χ2v) is 9.81. The monoisotopic (exact) mass is 463 g/mol. The molecule has 1 aromatic rings. The molecule has 1 aromatic carbocycles. The van der Waals surface area contributed by atoms with Crippen molar-refractivity contribution in [2.45, 2.75) is 89.9 Å². The van der Waals surface area contributed by atoms with E-state index in [0.717, 1.165) is 56.9 Å². The summed E-state index contributed by atoms with van der Waals surface area (Å²) in [5.41, 5.74) is 7.98. The summed E-state index contributed by atoms with van der Waals surface area (Å²) in [6, 6.07) is 5.90. The molecule has 0 radical (unpaired) electrons. The Morgan fingerprint density at radius 1 is 1.21 bits per heavy atom. The first-order valence-electron chi connectivity index (χ1n) is 12.6. The second kappa shape index (κ2) is 12.7. The molecule has 0 saturated heterocycles. The third-order valence-corrected chi connectivity index (χ3v) is 7.34. The first-order valence-corrected chi connectivity index (χ1v) is 12.6. The molecule has 6 atom stereocenters. The minimum Gasteiger partial charge on any atom is -0.482 e. The van der Waals surface area contributed by atoms with Crippen LogP contribution in [0, 0.1) is 17.8 Å². The van der Waals surface area contributed by atoms with Crippen molar-refractivity contribution in [3.05, 3.63) is 29.3 Å².